The van der Waals surface area contributed by atoms with Crippen LogP contribution in [0.2, 0.25) is 0 Å². The van der Waals surface area contributed by atoms with Crippen LogP contribution in [0.25, 0.3) is 0 Å². The first-order chi connectivity index (χ1) is 12.1. The first-order valence-electron chi connectivity index (χ1n) is 8.76. The van der Waals surface area contributed by atoms with Crippen LogP contribution >= 0.6 is 24.0 Å². The Morgan fingerprint density at radius 3 is 2.00 bits per heavy atom. The van der Waals surface area contributed by atoms with E-state index in [1.165, 1.54) is 18.2 Å². The highest BCUT2D eigenvalue weighted by molar-refractivity contribution is 14.0. The fourth-order valence-corrected chi connectivity index (χ4v) is 2.31. The predicted molar refractivity (Wildman–Crippen MR) is 121 cm³/mol. The van der Waals surface area contributed by atoms with Crippen LogP contribution in [0.15, 0.2) is 42.5 Å². The summed E-state index contributed by atoms with van der Waals surface area (Å²) in [6, 6.07) is 11.6. The standard InChI is InChI=1S/C10H13BFO2.C10H13F.CH4.HI/c1-2-3-4-8-5-6-10(14-11-13)9(12)7-8;1-2-3-5-9-6-4-7-10(11)8-9;;/h5-7,13H,2-4H2,1H3;4,6-8H,2-3,5H2,1H3;1H4;1H. The highest BCUT2D eigenvalue weighted by Gasteiger charge is 2.04. The summed E-state index contributed by atoms with van der Waals surface area (Å²) in [4.78, 5) is 0. The third-order valence-corrected chi connectivity index (χ3v) is 3.70. The second-order valence-corrected chi connectivity index (χ2v) is 5.83. The van der Waals surface area contributed by atoms with Crippen molar-refractivity contribution in [3.63, 3.8) is 0 Å². The maximum atomic E-state index is 13.2. The molecule has 0 atom stereocenters. The molecule has 0 amide bonds. The molecule has 6 heteroatoms. The highest BCUT2D eigenvalue weighted by atomic mass is 127. The van der Waals surface area contributed by atoms with Crippen LogP contribution in [0.1, 0.15) is 58.1 Å². The molecule has 2 rings (SSSR count). The van der Waals surface area contributed by atoms with E-state index in [4.69, 9.17) is 5.02 Å². The molecule has 0 aliphatic heterocycles. The molecule has 1 N–H and O–H groups in total. The number of benzene rings is 2. The van der Waals surface area contributed by atoms with Gasteiger partial charge in [-0.25, -0.2) is 8.78 Å². The molecule has 0 bridgehead atoms. The van der Waals surface area contributed by atoms with Gasteiger partial charge in [0.2, 0.25) is 0 Å². The molecule has 0 saturated heterocycles. The topological polar surface area (TPSA) is 29.5 Å². The number of aryl methyl sites for hydroxylation is 2. The summed E-state index contributed by atoms with van der Waals surface area (Å²) < 4.78 is 30.4. The van der Waals surface area contributed by atoms with Gasteiger partial charge in [0.05, 0.1) is 0 Å². The van der Waals surface area contributed by atoms with E-state index in [0.29, 0.717) is 7.69 Å². The van der Waals surface area contributed by atoms with Gasteiger partial charge in [-0.05, 0) is 61.1 Å². The van der Waals surface area contributed by atoms with Gasteiger partial charge >= 0.3 is 7.69 Å². The van der Waals surface area contributed by atoms with E-state index in [-0.39, 0.29) is 43.0 Å². The van der Waals surface area contributed by atoms with Crippen molar-refractivity contribution in [2.75, 3.05) is 0 Å². The lowest BCUT2D eigenvalue weighted by Gasteiger charge is -2.05. The lowest BCUT2D eigenvalue weighted by atomic mass is 10.1. The average Bonchev–Trinajstić information content (AvgIpc) is 2.61. The summed E-state index contributed by atoms with van der Waals surface area (Å²) in [6.07, 6.45) is 6.31. The van der Waals surface area contributed by atoms with Gasteiger partial charge in [0.1, 0.15) is 11.6 Å². The van der Waals surface area contributed by atoms with Crippen LogP contribution in [0, 0.1) is 11.6 Å². The van der Waals surface area contributed by atoms with Gasteiger partial charge in [-0.3, -0.25) is 0 Å². The molecule has 0 saturated carbocycles. The molecule has 27 heavy (non-hydrogen) atoms. The monoisotopic (exact) mass is 491 g/mol. The minimum Gasteiger partial charge on any atom is -0.535 e. The molecular weight excluding hydrogens is 460 g/mol. The molecular formula is C21H31BF2IO2. The minimum absolute atomic E-state index is 0. The van der Waals surface area contributed by atoms with Gasteiger partial charge in [0.25, 0.3) is 0 Å². The SMILES string of the molecule is C.CCCCc1ccc(O[B]O)c(F)c1.CCCCc1cccc(F)c1.I. The van der Waals surface area contributed by atoms with Gasteiger partial charge in [0.15, 0.2) is 5.82 Å². The number of halogens is 3. The normalized spacial score (nSPS) is 9.22. The maximum absolute atomic E-state index is 13.2. The van der Waals surface area contributed by atoms with Crippen molar-refractivity contribution in [1.82, 2.24) is 0 Å². The summed E-state index contributed by atoms with van der Waals surface area (Å²) in [7, 11) is 0.476. The van der Waals surface area contributed by atoms with Crippen molar-refractivity contribution >= 4 is 31.7 Å². The molecule has 0 aromatic heterocycles. The Morgan fingerprint density at radius 1 is 0.926 bits per heavy atom. The molecule has 1 radical (unpaired) electrons. The lowest BCUT2D eigenvalue weighted by Crippen LogP contribution is -2.02. The largest absolute Gasteiger partial charge is 0.569 e. The first kappa shape index (κ1) is 28.1. The van der Waals surface area contributed by atoms with Gasteiger partial charge in [-0.15, -0.1) is 24.0 Å². The van der Waals surface area contributed by atoms with Crippen LogP contribution in [-0.4, -0.2) is 12.7 Å². The summed E-state index contributed by atoms with van der Waals surface area (Å²) >= 11 is 0. The highest BCUT2D eigenvalue weighted by Crippen LogP contribution is 2.18. The van der Waals surface area contributed by atoms with Gasteiger partial charge < -0.3 is 9.68 Å². The molecule has 2 aromatic rings. The summed E-state index contributed by atoms with van der Waals surface area (Å²) in [6.45, 7) is 4.23. The summed E-state index contributed by atoms with van der Waals surface area (Å²) in [5.74, 6) is -0.518. The Morgan fingerprint density at radius 2 is 1.52 bits per heavy atom. The van der Waals surface area contributed by atoms with Crippen LogP contribution < -0.4 is 4.65 Å². The van der Waals surface area contributed by atoms with Crippen molar-refractivity contribution in [1.29, 1.82) is 0 Å². The number of hydrogen-bond donors (Lipinski definition) is 1. The summed E-state index contributed by atoms with van der Waals surface area (Å²) in [5, 5.41) is 8.34. The Kier molecular flexibility index (Phi) is 17.7. The Labute approximate surface area is 180 Å². The van der Waals surface area contributed by atoms with Crippen LogP contribution in [-0.2, 0) is 12.8 Å². The zero-order valence-electron chi connectivity index (χ0n) is 15.4. The lowest BCUT2D eigenvalue weighted by molar-refractivity contribution is 0.431. The van der Waals surface area contributed by atoms with Crippen LogP contribution in [0.3, 0.4) is 0 Å². The molecule has 0 heterocycles. The van der Waals surface area contributed by atoms with Crippen molar-refractivity contribution in [3.8, 4) is 5.75 Å². The van der Waals surface area contributed by atoms with Crippen LogP contribution in [0.5, 0.6) is 5.75 Å². The quantitative estimate of drug-likeness (QED) is 0.338. The van der Waals surface area contributed by atoms with Crippen molar-refractivity contribution in [2.24, 2.45) is 0 Å². The predicted octanol–water partition coefficient (Wildman–Crippen LogP) is 6.50. The minimum atomic E-state index is -0.441. The van der Waals surface area contributed by atoms with Gasteiger partial charge in [-0.2, -0.15) is 0 Å². The molecule has 0 fully saturated rings. The van der Waals surface area contributed by atoms with E-state index in [2.05, 4.69) is 18.5 Å². The zero-order chi connectivity index (χ0) is 18.5. The van der Waals surface area contributed by atoms with E-state index >= 15 is 0 Å². The smallest absolute Gasteiger partial charge is 0.535 e. The van der Waals surface area contributed by atoms with E-state index in [1.807, 2.05) is 6.07 Å². The Balaban J connectivity index is 0. The second kappa shape index (κ2) is 17.0. The molecule has 2 aromatic carbocycles. The van der Waals surface area contributed by atoms with E-state index < -0.39 is 5.82 Å². The molecule has 0 aliphatic rings. The van der Waals surface area contributed by atoms with E-state index in [0.717, 1.165) is 49.7 Å². The van der Waals surface area contributed by atoms with Crippen molar-refractivity contribution < 1.29 is 18.5 Å². The van der Waals surface area contributed by atoms with Crippen molar-refractivity contribution in [3.05, 3.63) is 65.2 Å². The van der Waals surface area contributed by atoms with E-state index in [9.17, 15) is 8.78 Å². The molecule has 151 valence electrons. The van der Waals surface area contributed by atoms with E-state index in [1.54, 1.807) is 18.2 Å². The molecule has 0 aliphatic carbocycles. The van der Waals surface area contributed by atoms with Crippen molar-refractivity contribution in [2.45, 2.75) is 59.8 Å². The zero-order valence-corrected chi connectivity index (χ0v) is 17.7. The maximum Gasteiger partial charge on any atom is 0.569 e. The van der Waals surface area contributed by atoms with Crippen LogP contribution in [0.4, 0.5) is 8.78 Å². The van der Waals surface area contributed by atoms with Gasteiger partial charge in [0, 0.05) is 0 Å². The molecule has 2 nitrogen and oxygen atoms in total. The first-order valence-corrected chi connectivity index (χ1v) is 8.76. The Hall–Kier alpha value is -1.15. The number of rotatable bonds is 8. The fraction of sp³-hybridized carbons (Fsp3) is 0.429. The average molecular weight is 491 g/mol. The molecule has 0 unspecified atom stereocenters. The fourth-order valence-electron chi connectivity index (χ4n) is 2.31. The van der Waals surface area contributed by atoms with Gasteiger partial charge in [-0.1, -0.05) is 52.3 Å². The third-order valence-electron chi connectivity index (χ3n) is 3.70. The summed E-state index contributed by atoms with van der Waals surface area (Å²) in [5.41, 5.74) is 2.06. The number of unbranched alkanes of at least 4 members (excludes halogenated alkanes) is 2. The third kappa shape index (κ3) is 12.0. The second-order valence-electron chi connectivity index (χ2n) is 5.83. The molecule has 0 spiro atoms. The Bertz CT molecular complexity index is 627. The number of hydrogen-bond acceptors (Lipinski definition) is 2.